The summed E-state index contributed by atoms with van der Waals surface area (Å²) in [6.07, 6.45) is 0. The Balaban J connectivity index is 2.00. The molecule has 3 saturated heterocycles. The SMILES string of the molecule is COCC12OCC(CO1)CO2. The van der Waals surface area contributed by atoms with Crippen LogP contribution in [0, 0.1) is 5.92 Å². The molecule has 3 aliphatic rings. The van der Waals surface area contributed by atoms with E-state index in [1.165, 1.54) is 0 Å². The largest absolute Gasteiger partial charge is 0.376 e. The van der Waals surface area contributed by atoms with Gasteiger partial charge < -0.3 is 18.9 Å². The molecule has 3 fully saturated rings. The van der Waals surface area contributed by atoms with Gasteiger partial charge in [-0.25, -0.2) is 0 Å². The first-order chi connectivity index (χ1) is 5.35. The van der Waals surface area contributed by atoms with Gasteiger partial charge >= 0.3 is 5.97 Å². The molecule has 0 N–H and O–H groups in total. The summed E-state index contributed by atoms with van der Waals surface area (Å²) in [6.45, 7) is 2.52. The molecule has 3 aliphatic heterocycles. The topological polar surface area (TPSA) is 36.9 Å². The monoisotopic (exact) mass is 160 g/mol. The summed E-state index contributed by atoms with van der Waals surface area (Å²) in [5.41, 5.74) is 0. The second kappa shape index (κ2) is 2.71. The van der Waals surface area contributed by atoms with Crippen LogP contribution in [0.15, 0.2) is 0 Å². The van der Waals surface area contributed by atoms with Crippen molar-refractivity contribution >= 4 is 0 Å². The normalized spacial score (nSPS) is 42.8. The zero-order valence-electron chi connectivity index (χ0n) is 6.54. The molecular formula is C7H12O4. The fourth-order valence-corrected chi connectivity index (χ4v) is 1.31. The van der Waals surface area contributed by atoms with Gasteiger partial charge in [0, 0.05) is 13.0 Å². The third-order valence-corrected chi connectivity index (χ3v) is 1.94. The quantitative estimate of drug-likeness (QED) is 0.569. The van der Waals surface area contributed by atoms with Crippen molar-refractivity contribution in [2.45, 2.75) is 5.97 Å². The zero-order chi connectivity index (χ0) is 7.73. The van der Waals surface area contributed by atoms with Crippen molar-refractivity contribution in [2.75, 3.05) is 33.5 Å². The van der Waals surface area contributed by atoms with Crippen molar-refractivity contribution in [3.8, 4) is 0 Å². The molecule has 2 bridgehead atoms. The molecule has 0 aromatic rings. The molecule has 11 heavy (non-hydrogen) atoms. The Hall–Kier alpha value is -0.160. The highest BCUT2D eigenvalue weighted by Crippen LogP contribution is 2.29. The zero-order valence-corrected chi connectivity index (χ0v) is 6.54. The summed E-state index contributed by atoms with van der Waals surface area (Å²) >= 11 is 0. The van der Waals surface area contributed by atoms with Crippen LogP contribution in [0.2, 0.25) is 0 Å². The van der Waals surface area contributed by atoms with Gasteiger partial charge in [0.2, 0.25) is 0 Å². The third-order valence-electron chi connectivity index (χ3n) is 1.94. The van der Waals surface area contributed by atoms with Gasteiger partial charge in [0.15, 0.2) is 0 Å². The van der Waals surface area contributed by atoms with Crippen molar-refractivity contribution in [3.63, 3.8) is 0 Å². The Bertz CT molecular complexity index is 120. The number of ether oxygens (including phenoxy) is 4. The predicted octanol–water partition coefficient (Wildman–Crippen LogP) is -0.0202. The molecule has 4 nitrogen and oxygen atoms in total. The van der Waals surface area contributed by atoms with E-state index in [0.29, 0.717) is 12.5 Å². The minimum atomic E-state index is -0.885. The van der Waals surface area contributed by atoms with Crippen LogP contribution in [0.5, 0.6) is 0 Å². The Morgan fingerprint density at radius 3 is 2.27 bits per heavy atom. The molecule has 0 atom stereocenters. The maximum Gasteiger partial charge on any atom is 0.307 e. The number of fused-ring (bicyclic) bond motifs is 3. The Morgan fingerprint density at radius 1 is 1.27 bits per heavy atom. The van der Waals surface area contributed by atoms with E-state index in [1.807, 2.05) is 0 Å². The van der Waals surface area contributed by atoms with Gasteiger partial charge in [0.25, 0.3) is 0 Å². The summed E-state index contributed by atoms with van der Waals surface area (Å²) in [5.74, 6) is -0.475. The predicted molar refractivity (Wildman–Crippen MR) is 36.0 cm³/mol. The standard InChI is InChI=1S/C7H12O4/c1-8-5-7-9-2-6(3-10-7)4-11-7/h6H,2-5H2,1H3. The maximum atomic E-state index is 5.34. The van der Waals surface area contributed by atoms with E-state index in [1.54, 1.807) is 7.11 Å². The van der Waals surface area contributed by atoms with Crippen molar-refractivity contribution in [1.29, 1.82) is 0 Å². The highest BCUT2D eigenvalue weighted by Gasteiger charge is 2.44. The van der Waals surface area contributed by atoms with Crippen LogP contribution in [-0.2, 0) is 18.9 Å². The summed E-state index contributed by atoms with van der Waals surface area (Å²) in [7, 11) is 1.60. The molecule has 0 aromatic carbocycles. The summed E-state index contributed by atoms with van der Waals surface area (Å²) < 4.78 is 20.9. The lowest BCUT2D eigenvalue weighted by atomic mass is 10.1. The van der Waals surface area contributed by atoms with Crippen LogP contribution < -0.4 is 0 Å². The second-order valence-electron chi connectivity index (χ2n) is 2.92. The molecule has 3 heterocycles. The molecule has 4 heteroatoms. The van der Waals surface area contributed by atoms with Crippen LogP contribution in [0.1, 0.15) is 0 Å². The molecule has 0 saturated carbocycles. The van der Waals surface area contributed by atoms with Gasteiger partial charge in [0.05, 0.1) is 19.8 Å². The lowest BCUT2D eigenvalue weighted by molar-refractivity contribution is -0.456. The van der Waals surface area contributed by atoms with Crippen molar-refractivity contribution in [1.82, 2.24) is 0 Å². The van der Waals surface area contributed by atoms with Gasteiger partial charge in [-0.3, -0.25) is 0 Å². The van der Waals surface area contributed by atoms with Crippen LogP contribution in [-0.4, -0.2) is 39.5 Å². The Kier molecular flexibility index (Phi) is 1.85. The average molecular weight is 160 g/mol. The van der Waals surface area contributed by atoms with E-state index >= 15 is 0 Å². The van der Waals surface area contributed by atoms with Crippen LogP contribution in [0.4, 0.5) is 0 Å². The highest BCUT2D eigenvalue weighted by atomic mass is 16.9. The molecule has 0 aromatic heterocycles. The number of hydrogen-bond donors (Lipinski definition) is 0. The van der Waals surface area contributed by atoms with Crippen LogP contribution in [0.25, 0.3) is 0 Å². The van der Waals surface area contributed by atoms with Crippen molar-refractivity contribution < 1.29 is 18.9 Å². The molecule has 0 amide bonds. The van der Waals surface area contributed by atoms with Crippen LogP contribution >= 0.6 is 0 Å². The molecule has 64 valence electrons. The number of hydrogen-bond acceptors (Lipinski definition) is 4. The molecule has 3 rings (SSSR count). The average Bonchev–Trinajstić information content (AvgIpc) is 2.07. The minimum Gasteiger partial charge on any atom is -0.376 e. The molecule has 0 aliphatic carbocycles. The third kappa shape index (κ3) is 1.27. The Labute approximate surface area is 65.4 Å². The highest BCUT2D eigenvalue weighted by molar-refractivity contribution is 4.73. The van der Waals surface area contributed by atoms with Crippen molar-refractivity contribution in [3.05, 3.63) is 0 Å². The fourth-order valence-electron chi connectivity index (χ4n) is 1.31. The lowest BCUT2D eigenvalue weighted by Crippen LogP contribution is -2.56. The van der Waals surface area contributed by atoms with E-state index in [-0.39, 0.29) is 0 Å². The van der Waals surface area contributed by atoms with Crippen LogP contribution in [0.3, 0.4) is 0 Å². The lowest BCUT2D eigenvalue weighted by Gasteiger charge is -2.44. The molecular weight excluding hydrogens is 148 g/mol. The van der Waals surface area contributed by atoms with Crippen molar-refractivity contribution in [2.24, 2.45) is 5.92 Å². The first-order valence-electron chi connectivity index (χ1n) is 3.75. The molecule has 0 radical (unpaired) electrons. The van der Waals surface area contributed by atoms with Gasteiger partial charge in [-0.15, -0.1) is 0 Å². The fraction of sp³-hybridized carbons (Fsp3) is 1.00. The minimum absolute atomic E-state index is 0.347. The van der Waals surface area contributed by atoms with E-state index < -0.39 is 5.97 Å². The number of rotatable bonds is 2. The van der Waals surface area contributed by atoms with Gasteiger partial charge in [-0.2, -0.15) is 0 Å². The first-order valence-corrected chi connectivity index (χ1v) is 3.75. The first kappa shape index (κ1) is 7.49. The Morgan fingerprint density at radius 2 is 1.82 bits per heavy atom. The van der Waals surface area contributed by atoms with E-state index in [4.69, 9.17) is 18.9 Å². The smallest absolute Gasteiger partial charge is 0.307 e. The second-order valence-corrected chi connectivity index (χ2v) is 2.92. The van der Waals surface area contributed by atoms with Gasteiger partial charge in [-0.05, 0) is 0 Å². The van der Waals surface area contributed by atoms with Gasteiger partial charge in [0.1, 0.15) is 6.61 Å². The number of methoxy groups -OCH3 is 1. The summed E-state index contributed by atoms with van der Waals surface area (Å²) in [5, 5.41) is 0. The van der Waals surface area contributed by atoms with E-state index in [2.05, 4.69) is 0 Å². The summed E-state index contributed by atoms with van der Waals surface area (Å²) in [4.78, 5) is 0. The van der Waals surface area contributed by atoms with Gasteiger partial charge in [-0.1, -0.05) is 0 Å². The maximum absolute atomic E-state index is 5.34. The van der Waals surface area contributed by atoms with E-state index in [0.717, 1.165) is 19.8 Å². The molecule has 0 spiro atoms. The summed E-state index contributed by atoms with van der Waals surface area (Å²) in [6, 6.07) is 0. The molecule has 0 unspecified atom stereocenters. The van der Waals surface area contributed by atoms with E-state index in [9.17, 15) is 0 Å².